The normalized spacial score (nSPS) is 12.5. The molecule has 0 aromatic carbocycles. The van der Waals surface area contributed by atoms with Crippen molar-refractivity contribution in [2.45, 2.75) is 65.5 Å². The van der Waals surface area contributed by atoms with Crippen molar-refractivity contribution in [2.75, 3.05) is 19.6 Å². The summed E-state index contributed by atoms with van der Waals surface area (Å²) in [4.78, 5) is 23.2. The van der Waals surface area contributed by atoms with Crippen molar-refractivity contribution in [1.29, 1.82) is 0 Å². The fourth-order valence-electron chi connectivity index (χ4n) is 1.89. The molecule has 6 nitrogen and oxygen atoms in total. The van der Waals surface area contributed by atoms with E-state index in [4.69, 9.17) is 5.73 Å². The molecular formula is C16H34N4O2. The van der Waals surface area contributed by atoms with Gasteiger partial charge in [0.25, 0.3) is 0 Å². The molecule has 0 spiro atoms. The van der Waals surface area contributed by atoms with Gasteiger partial charge in [-0.1, -0.05) is 27.7 Å². The first kappa shape index (κ1) is 20.9. The van der Waals surface area contributed by atoms with Crippen molar-refractivity contribution in [3.05, 3.63) is 0 Å². The van der Waals surface area contributed by atoms with Crippen LogP contribution in [0.1, 0.15) is 53.4 Å². The summed E-state index contributed by atoms with van der Waals surface area (Å²) < 4.78 is 0. The van der Waals surface area contributed by atoms with Gasteiger partial charge in [-0.05, 0) is 31.6 Å². The number of carbonyl (C=O) groups is 2. The molecule has 0 aromatic rings. The molecule has 0 fully saturated rings. The zero-order chi connectivity index (χ0) is 17.0. The van der Waals surface area contributed by atoms with Gasteiger partial charge in [-0.15, -0.1) is 0 Å². The lowest BCUT2D eigenvalue weighted by Gasteiger charge is -2.13. The lowest BCUT2D eigenvalue weighted by atomic mass is 10.1. The monoisotopic (exact) mass is 314 g/mol. The average molecular weight is 314 g/mol. The van der Waals surface area contributed by atoms with Crippen molar-refractivity contribution in [3.8, 4) is 0 Å². The Labute approximate surface area is 135 Å². The molecular weight excluding hydrogens is 280 g/mol. The van der Waals surface area contributed by atoms with Crippen molar-refractivity contribution in [3.63, 3.8) is 0 Å². The van der Waals surface area contributed by atoms with Gasteiger partial charge >= 0.3 is 0 Å². The fourth-order valence-corrected chi connectivity index (χ4v) is 1.89. The smallest absolute Gasteiger partial charge is 0.236 e. The second-order valence-electron chi connectivity index (χ2n) is 6.46. The Balaban J connectivity index is 3.61. The molecule has 0 saturated carbocycles. The highest BCUT2D eigenvalue weighted by Gasteiger charge is 2.12. The molecule has 0 aliphatic carbocycles. The molecule has 1 unspecified atom stereocenters. The summed E-state index contributed by atoms with van der Waals surface area (Å²) in [6.07, 6.45) is 3.36. The minimum Gasteiger partial charge on any atom is -0.355 e. The molecule has 0 heterocycles. The quantitative estimate of drug-likeness (QED) is 0.400. The van der Waals surface area contributed by atoms with Gasteiger partial charge in [-0.3, -0.25) is 9.59 Å². The van der Waals surface area contributed by atoms with Crippen LogP contribution in [0.5, 0.6) is 0 Å². The SMILES string of the molecule is CC(C)CCCNC(=O)C(N)CCCNC(=O)CNC(C)C. The van der Waals surface area contributed by atoms with Crippen molar-refractivity contribution >= 4 is 11.8 Å². The van der Waals surface area contributed by atoms with E-state index >= 15 is 0 Å². The summed E-state index contributed by atoms with van der Waals surface area (Å²) in [5.41, 5.74) is 5.84. The van der Waals surface area contributed by atoms with Gasteiger partial charge in [0.2, 0.25) is 11.8 Å². The summed E-state index contributed by atoms with van der Waals surface area (Å²) in [5.74, 6) is 0.524. The molecule has 6 heteroatoms. The molecule has 0 aliphatic heterocycles. The molecule has 0 saturated heterocycles. The summed E-state index contributed by atoms with van der Waals surface area (Å²) in [7, 11) is 0. The zero-order valence-corrected chi connectivity index (χ0v) is 14.6. The van der Waals surface area contributed by atoms with E-state index in [1.54, 1.807) is 0 Å². The Morgan fingerprint density at radius 1 is 0.955 bits per heavy atom. The van der Waals surface area contributed by atoms with Crippen LogP contribution in [0.4, 0.5) is 0 Å². The Kier molecular flexibility index (Phi) is 11.8. The van der Waals surface area contributed by atoms with Gasteiger partial charge in [0.1, 0.15) is 0 Å². The van der Waals surface area contributed by atoms with Crippen LogP contribution in [0.3, 0.4) is 0 Å². The second-order valence-corrected chi connectivity index (χ2v) is 6.46. The van der Waals surface area contributed by atoms with Crippen LogP contribution in [0, 0.1) is 5.92 Å². The third kappa shape index (κ3) is 12.6. The van der Waals surface area contributed by atoms with Crippen LogP contribution in [0.15, 0.2) is 0 Å². The second kappa shape index (κ2) is 12.4. The molecule has 0 radical (unpaired) electrons. The van der Waals surface area contributed by atoms with Crippen molar-refractivity contribution in [1.82, 2.24) is 16.0 Å². The van der Waals surface area contributed by atoms with E-state index < -0.39 is 6.04 Å². The van der Waals surface area contributed by atoms with Gasteiger partial charge in [0, 0.05) is 19.1 Å². The van der Waals surface area contributed by atoms with Gasteiger partial charge in [-0.25, -0.2) is 0 Å². The van der Waals surface area contributed by atoms with E-state index in [2.05, 4.69) is 29.8 Å². The lowest BCUT2D eigenvalue weighted by molar-refractivity contribution is -0.122. The summed E-state index contributed by atoms with van der Waals surface area (Å²) >= 11 is 0. The van der Waals surface area contributed by atoms with E-state index in [-0.39, 0.29) is 11.8 Å². The van der Waals surface area contributed by atoms with Gasteiger partial charge in [0.05, 0.1) is 12.6 Å². The fraction of sp³-hybridized carbons (Fsp3) is 0.875. The number of rotatable bonds is 12. The first-order chi connectivity index (χ1) is 10.3. The maximum absolute atomic E-state index is 11.8. The van der Waals surface area contributed by atoms with E-state index in [1.807, 2.05) is 13.8 Å². The number of hydrogen-bond donors (Lipinski definition) is 4. The minimum atomic E-state index is -0.496. The third-order valence-corrected chi connectivity index (χ3v) is 3.28. The molecule has 0 bridgehead atoms. The number of amides is 2. The predicted molar refractivity (Wildman–Crippen MR) is 90.4 cm³/mol. The van der Waals surface area contributed by atoms with Crippen LogP contribution < -0.4 is 21.7 Å². The van der Waals surface area contributed by atoms with Gasteiger partial charge < -0.3 is 21.7 Å². The predicted octanol–water partition coefficient (Wildman–Crippen LogP) is 0.761. The number of carbonyl (C=O) groups excluding carboxylic acids is 2. The maximum Gasteiger partial charge on any atom is 0.236 e. The summed E-state index contributed by atoms with van der Waals surface area (Å²) in [6.45, 7) is 9.87. The highest BCUT2D eigenvalue weighted by atomic mass is 16.2. The maximum atomic E-state index is 11.8. The van der Waals surface area contributed by atoms with Crippen LogP contribution in [-0.2, 0) is 9.59 Å². The lowest BCUT2D eigenvalue weighted by Crippen LogP contribution is -2.42. The average Bonchev–Trinajstić information content (AvgIpc) is 2.45. The molecule has 5 N–H and O–H groups in total. The Hall–Kier alpha value is -1.14. The van der Waals surface area contributed by atoms with Gasteiger partial charge in [0.15, 0.2) is 0 Å². The standard InChI is InChI=1S/C16H34N4O2/c1-12(2)7-5-10-19-16(22)14(17)8-6-9-18-15(21)11-20-13(3)4/h12-14,20H,5-11,17H2,1-4H3,(H,18,21)(H,19,22). The number of nitrogens with one attached hydrogen (secondary N) is 3. The van der Waals surface area contributed by atoms with Crippen molar-refractivity contribution in [2.24, 2.45) is 11.7 Å². The number of nitrogens with two attached hydrogens (primary N) is 1. The zero-order valence-electron chi connectivity index (χ0n) is 14.6. The third-order valence-electron chi connectivity index (χ3n) is 3.28. The van der Waals surface area contributed by atoms with Gasteiger partial charge in [-0.2, -0.15) is 0 Å². The van der Waals surface area contributed by atoms with E-state index in [0.29, 0.717) is 44.4 Å². The molecule has 0 rings (SSSR count). The molecule has 22 heavy (non-hydrogen) atoms. The molecule has 0 aromatic heterocycles. The van der Waals surface area contributed by atoms with Crippen LogP contribution in [0.25, 0.3) is 0 Å². The first-order valence-electron chi connectivity index (χ1n) is 8.36. The highest BCUT2D eigenvalue weighted by molar-refractivity contribution is 5.81. The van der Waals surface area contributed by atoms with E-state index in [1.165, 1.54) is 0 Å². The van der Waals surface area contributed by atoms with Crippen LogP contribution >= 0.6 is 0 Å². The Bertz CT molecular complexity index is 319. The van der Waals surface area contributed by atoms with E-state index in [0.717, 1.165) is 12.8 Å². The molecule has 1 atom stereocenters. The van der Waals surface area contributed by atoms with Crippen molar-refractivity contribution < 1.29 is 9.59 Å². The first-order valence-corrected chi connectivity index (χ1v) is 8.36. The number of hydrogen-bond acceptors (Lipinski definition) is 4. The molecule has 130 valence electrons. The van der Waals surface area contributed by atoms with Crippen LogP contribution in [-0.4, -0.2) is 43.5 Å². The Morgan fingerprint density at radius 2 is 1.55 bits per heavy atom. The largest absolute Gasteiger partial charge is 0.355 e. The van der Waals surface area contributed by atoms with Crippen LogP contribution in [0.2, 0.25) is 0 Å². The highest BCUT2D eigenvalue weighted by Crippen LogP contribution is 2.02. The summed E-state index contributed by atoms with van der Waals surface area (Å²) in [6, 6.07) is -0.205. The molecule has 0 aliphatic rings. The Morgan fingerprint density at radius 3 is 2.14 bits per heavy atom. The topological polar surface area (TPSA) is 96.2 Å². The van der Waals surface area contributed by atoms with E-state index in [9.17, 15) is 9.59 Å². The molecule has 2 amide bonds. The minimum absolute atomic E-state index is 0.0274. The summed E-state index contributed by atoms with van der Waals surface area (Å²) in [5, 5.41) is 8.72.